The van der Waals surface area contributed by atoms with Crippen molar-refractivity contribution in [1.29, 1.82) is 5.26 Å². The molecule has 0 amide bonds. The van der Waals surface area contributed by atoms with Gasteiger partial charge in [0.1, 0.15) is 11.0 Å². The van der Waals surface area contributed by atoms with E-state index in [9.17, 15) is 40.0 Å². The molecule has 3 rings (SSSR count). The molecule has 6 nitrogen and oxygen atoms in total. The molecule has 0 bridgehead atoms. The summed E-state index contributed by atoms with van der Waals surface area (Å²) in [5.74, 6) is -0.817. The molecule has 1 aromatic carbocycles. The highest BCUT2D eigenvalue weighted by molar-refractivity contribution is 7.92. The first-order valence-corrected chi connectivity index (χ1v) is 9.97. The summed E-state index contributed by atoms with van der Waals surface area (Å²) in [6.07, 6.45) is -2.01. The van der Waals surface area contributed by atoms with Crippen LogP contribution < -0.4 is 0 Å². The zero-order chi connectivity index (χ0) is 23.4. The number of nitrogens with zero attached hydrogens (tertiary/aromatic N) is 4. The Morgan fingerprint density at radius 1 is 1.06 bits per heavy atom. The van der Waals surface area contributed by atoms with Gasteiger partial charge in [-0.25, -0.2) is 13.1 Å². The van der Waals surface area contributed by atoms with Gasteiger partial charge in [-0.15, -0.1) is 0 Å². The van der Waals surface area contributed by atoms with Crippen molar-refractivity contribution < 1.29 is 34.8 Å². The SMILES string of the molecule is N#Cc1cn(-c2c(Cl)cc(C(F)(F)F)cc2Cl)c(-n2cccn2)c1S(=O)(=O)C(F)(F)F. The molecule has 0 atom stereocenters. The second kappa shape index (κ2) is 7.47. The van der Waals surface area contributed by atoms with Gasteiger partial charge in [0.2, 0.25) is 0 Å². The number of hydrogen-bond donors (Lipinski definition) is 0. The highest BCUT2D eigenvalue weighted by Crippen LogP contribution is 2.42. The van der Waals surface area contributed by atoms with Crippen LogP contribution in [-0.2, 0) is 16.0 Å². The minimum atomic E-state index is -6.09. The molecule has 0 spiro atoms. The molecule has 31 heavy (non-hydrogen) atoms. The zero-order valence-electron chi connectivity index (χ0n) is 14.5. The number of benzene rings is 1. The zero-order valence-corrected chi connectivity index (χ0v) is 16.8. The van der Waals surface area contributed by atoms with Crippen molar-refractivity contribution in [3.05, 3.63) is 58.0 Å². The minimum absolute atomic E-state index is 0.458. The maximum absolute atomic E-state index is 13.3. The molecule has 164 valence electrons. The number of nitriles is 1. The maximum atomic E-state index is 13.3. The van der Waals surface area contributed by atoms with Gasteiger partial charge in [0.15, 0.2) is 5.82 Å². The van der Waals surface area contributed by atoms with Crippen LogP contribution in [0.4, 0.5) is 26.3 Å². The average Bonchev–Trinajstić information content (AvgIpc) is 3.26. The molecular weight excluding hydrogens is 497 g/mol. The van der Waals surface area contributed by atoms with Gasteiger partial charge in [-0.1, -0.05) is 23.2 Å². The van der Waals surface area contributed by atoms with E-state index in [0.29, 0.717) is 27.6 Å². The summed E-state index contributed by atoms with van der Waals surface area (Å²) in [7, 11) is -6.09. The van der Waals surface area contributed by atoms with Gasteiger partial charge in [-0.3, -0.25) is 4.57 Å². The molecular formula is C16H6Cl2F6N4O2S. The molecule has 0 unspecified atom stereocenters. The standard InChI is InChI=1S/C16H6Cl2F6N4O2S/c17-10-4-9(15(19,20)21)5-11(18)12(10)27-7-8(6-25)13(31(29,30)16(22,23)24)14(27)28-3-1-2-26-28/h1-5,7H. The number of rotatable bonds is 3. The van der Waals surface area contributed by atoms with Crippen LogP contribution in [0.5, 0.6) is 0 Å². The smallest absolute Gasteiger partial charge is 0.296 e. The van der Waals surface area contributed by atoms with Crippen molar-refractivity contribution >= 4 is 33.0 Å². The first kappa shape index (κ1) is 23.0. The van der Waals surface area contributed by atoms with Gasteiger partial charge in [0.25, 0.3) is 9.84 Å². The van der Waals surface area contributed by atoms with Crippen LogP contribution >= 0.6 is 23.2 Å². The summed E-state index contributed by atoms with van der Waals surface area (Å²) in [5.41, 5.74) is -8.47. The lowest BCUT2D eigenvalue weighted by Crippen LogP contribution is -2.25. The van der Waals surface area contributed by atoms with E-state index in [4.69, 9.17) is 23.2 Å². The summed E-state index contributed by atoms with van der Waals surface area (Å²) < 4.78 is 105. The van der Waals surface area contributed by atoms with Gasteiger partial charge < -0.3 is 0 Å². The third kappa shape index (κ3) is 3.86. The Hall–Kier alpha value is -2.69. The van der Waals surface area contributed by atoms with Crippen molar-refractivity contribution in [3.63, 3.8) is 0 Å². The van der Waals surface area contributed by atoms with Gasteiger partial charge >= 0.3 is 11.7 Å². The molecule has 0 fully saturated rings. The van der Waals surface area contributed by atoms with Crippen molar-refractivity contribution in [1.82, 2.24) is 14.3 Å². The van der Waals surface area contributed by atoms with E-state index in [0.717, 1.165) is 12.4 Å². The molecule has 0 radical (unpaired) electrons. The molecule has 0 aliphatic heterocycles. The lowest BCUT2D eigenvalue weighted by Gasteiger charge is -2.17. The van der Waals surface area contributed by atoms with Gasteiger partial charge in [-0.05, 0) is 18.2 Å². The largest absolute Gasteiger partial charge is 0.502 e. The van der Waals surface area contributed by atoms with Crippen molar-refractivity contribution in [2.45, 2.75) is 16.6 Å². The van der Waals surface area contributed by atoms with Crippen molar-refractivity contribution in [2.24, 2.45) is 0 Å². The van der Waals surface area contributed by atoms with Gasteiger partial charge in [0, 0.05) is 18.6 Å². The molecule has 3 aromatic rings. The number of hydrogen-bond acceptors (Lipinski definition) is 4. The van der Waals surface area contributed by atoms with Crippen LogP contribution in [0.2, 0.25) is 10.0 Å². The summed E-state index contributed by atoms with van der Waals surface area (Å²) in [4.78, 5) is -1.46. The van der Waals surface area contributed by atoms with E-state index in [1.165, 1.54) is 12.1 Å². The predicted molar refractivity (Wildman–Crippen MR) is 95.9 cm³/mol. The molecule has 0 aliphatic rings. The summed E-state index contributed by atoms with van der Waals surface area (Å²) >= 11 is 11.9. The number of aromatic nitrogens is 3. The van der Waals surface area contributed by atoms with Crippen LogP contribution in [-0.4, -0.2) is 28.3 Å². The van der Waals surface area contributed by atoms with Gasteiger partial charge in [-0.2, -0.15) is 36.7 Å². The Labute approximate surface area is 179 Å². The third-order valence-corrected chi connectivity index (χ3v) is 6.06. The quantitative estimate of drug-likeness (QED) is 0.463. The van der Waals surface area contributed by atoms with Crippen LogP contribution in [0, 0.1) is 11.3 Å². The van der Waals surface area contributed by atoms with E-state index in [2.05, 4.69) is 5.10 Å². The highest BCUT2D eigenvalue weighted by atomic mass is 35.5. The fraction of sp³-hybridized carbons (Fsp3) is 0.125. The van der Waals surface area contributed by atoms with Crippen LogP contribution in [0.1, 0.15) is 11.1 Å². The van der Waals surface area contributed by atoms with Crippen LogP contribution in [0.3, 0.4) is 0 Å². The Kier molecular flexibility index (Phi) is 5.54. The molecule has 0 aliphatic carbocycles. The molecule has 0 saturated heterocycles. The fourth-order valence-electron chi connectivity index (χ4n) is 2.68. The van der Waals surface area contributed by atoms with E-state index >= 15 is 0 Å². The summed E-state index contributed by atoms with van der Waals surface area (Å²) in [6.45, 7) is 0. The highest BCUT2D eigenvalue weighted by Gasteiger charge is 2.51. The fourth-order valence-corrected chi connectivity index (χ4v) is 4.40. The molecule has 15 heteroatoms. The first-order valence-electron chi connectivity index (χ1n) is 7.73. The first-order chi connectivity index (χ1) is 14.2. The number of halogens is 8. The van der Waals surface area contributed by atoms with E-state index in [1.54, 1.807) is 0 Å². The molecule has 0 N–H and O–H groups in total. The second-order valence-electron chi connectivity index (χ2n) is 5.86. The topological polar surface area (TPSA) is 80.7 Å². The van der Waals surface area contributed by atoms with E-state index < -0.39 is 59.1 Å². The lowest BCUT2D eigenvalue weighted by molar-refractivity contribution is -0.137. The normalized spacial score (nSPS) is 12.7. The lowest BCUT2D eigenvalue weighted by atomic mass is 10.2. The van der Waals surface area contributed by atoms with Crippen LogP contribution in [0.15, 0.2) is 41.7 Å². The Bertz CT molecular complexity index is 1280. The number of alkyl halides is 6. The summed E-state index contributed by atoms with van der Waals surface area (Å²) in [5, 5.41) is 11.6. The monoisotopic (exact) mass is 502 g/mol. The molecule has 2 aromatic heterocycles. The minimum Gasteiger partial charge on any atom is -0.296 e. The van der Waals surface area contributed by atoms with Crippen molar-refractivity contribution in [2.75, 3.05) is 0 Å². The van der Waals surface area contributed by atoms with Gasteiger partial charge in [0.05, 0.1) is 26.9 Å². The Morgan fingerprint density at radius 2 is 1.65 bits per heavy atom. The van der Waals surface area contributed by atoms with E-state index in [1.807, 2.05) is 0 Å². The van der Waals surface area contributed by atoms with Crippen LogP contribution in [0.25, 0.3) is 11.5 Å². The molecule has 2 heterocycles. The predicted octanol–water partition coefficient (Wildman–Crippen LogP) is 5.15. The Morgan fingerprint density at radius 3 is 2.06 bits per heavy atom. The summed E-state index contributed by atoms with van der Waals surface area (Å²) in [6, 6.07) is 3.49. The average molecular weight is 503 g/mol. The maximum Gasteiger partial charge on any atom is 0.502 e. The third-order valence-electron chi connectivity index (χ3n) is 3.93. The Balaban J connectivity index is 2.46. The second-order valence-corrected chi connectivity index (χ2v) is 8.56. The van der Waals surface area contributed by atoms with Crippen molar-refractivity contribution in [3.8, 4) is 17.6 Å². The number of sulfone groups is 1. The van der Waals surface area contributed by atoms with E-state index in [-0.39, 0.29) is 0 Å². The molecule has 0 saturated carbocycles.